The summed E-state index contributed by atoms with van der Waals surface area (Å²) in [6.07, 6.45) is -1.20. The Morgan fingerprint density at radius 1 is 0.700 bits per heavy atom. The molecule has 2 rings (SSSR count). The first-order valence-corrected chi connectivity index (χ1v) is 6.55. The van der Waals surface area contributed by atoms with Crippen LogP contribution in [0.15, 0.2) is 58.8 Å². The quantitative estimate of drug-likeness (QED) is 0.817. The SMILES string of the molecule is CC(O)c1ccccc1N=Nc1ccccc1C(C)O. The van der Waals surface area contributed by atoms with Crippen molar-refractivity contribution in [3.8, 4) is 0 Å². The van der Waals surface area contributed by atoms with E-state index in [9.17, 15) is 10.2 Å². The number of rotatable bonds is 4. The highest BCUT2D eigenvalue weighted by atomic mass is 16.3. The Balaban J connectivity index is 2.35. The Hall–Kier alpha value is -2.04. The highest BCUT2D eigenvalue weighted by molar-refractivity contribution is 5.49. The molecule has 0 bridgehead atoms. The third-order valence-corrected chi connectivity index (χ3v) is 3.04. The number of aliphatic hydroxyl groups is 2. The van der Waals surface area contributed by atoms with E-state index >= 15 is 0 Å². The van der Waals surface area contributed by atoms with Gasteiger partial charge in [0.1, 0.15) is 0 Å². The second kappa shape index (κ2) is 6.41. The fourth-order valence-corrected chi connectivity index (χ4v) is 1.97. The highest BCUT2D eigenvalue weighted by Gasteiger charge is 2.08. The summed E-state index contributed by atoms with van der Waals surface area (Å²) < 4.78 is 0. The van der Waals surface area contributed by atoms with Crippen LogP contribution in [0.3, 0.4) is 0 Å². The van der Waals surface area contributed by atoms with Crippen molar-refractivity contribution in [3.63, 3.8) is 0 Å². The van der Waals surface area contributed by atoms with Gasteiger partial charge in [-0.05, 0) is 26.0 Å². The molecule has 104 valence electrons. The molecule has 0 saturated carbocycles. The van der Waals surface area contributed by atoms with E-state index in [1.54, 1.807) is 26.0 Å². The number of aliphatic hydroxyl groups excluding tert-OH is 2. The molecule has 0 heterocycles. The third-order valence-electron chi connectivity index (χ3n) is 3.04. The zero-order valence-electron chi connectivity index (χ0n) is 11.6. The van der Waals surface area contributed by atoms with Gasteiger partial charge in [0.15, 0.2) is 0 Å². The average Bonchev–Trinajstić information content (AvgIpc) is 2.45. The molecule has 20 heavy (non-hydrogen) atoms. The van der Waals surface area contributed by atoms with Crippen LogP contribution in [0.1, 0.15) is 37.2 Å². The Morgan fingerprint density at radius 2 is 1.05 bits per heavy atom. The van der Waals surface area contributed by atoms with E-state index in [0.717, 1.165) is 11.1 Å². The molecule has 0 spiro atoms. The van der Waals surface area contributed by atoms with E-state index < -0.39 is 12.2 Å². The molecule has 0 aliphatic heterocycles. The maximum atomic E-state index is 9.70. The number of hydrogen-bond acceptors (Lipinski definition) is 4. The molecule has 2 N–H and O–H groups in total. The average molecular weight is 270 g/mol. The van der Waals surface area contributed by atoms with E-state index in [2.05, 4.69) is 10.2 Å². The van der Waals surface area contributed by atoms with Crippen molar-refractivity contribution >= 4 is 11.4 Å². The first-order valence-electron chi connectivity index (χ1n) is 6.55. The standard InChI is InChI=1S/C16H18N2O2/c1-11(19)13-7-3-5-9-15(13)17-18-16-10-6-4-8-14(16)12(2)20/h3-12,19-20H,1-2H3. The normalized spacial score (nSPS) is 14.4. The summed E-state index contributed by atoms with van der Waals surface area (Å²) in [7, 11) is 0. The van der Waals surface area contributed by atoms with Gasteiger partial charge in [-0.3, -0.25) is 0 Å². The Morgan fingerprint density at radius 3 is 1.40 bits per heavy atom. The van der Waals surface area contributed by atoms with Crippen LogP contribution >= 0.6 is 0 Å². The minimum Gasteiger partial charge on any atom is -0.389 e. The monoisotopic (exact) mass is 270 g/mol. The number of azo groups is 1. The molecule has 0 radical (unpaired) electrons. The Bertz CT molecular complexity index is 553. The molecule has 4 heteroatoms. The second-order valence-electron chi connectivity index (χ2n) is 4.67. The van der Waals surface area contributed by atoms with Crippen LogP contribution in [0.5, 0.6) is 0 Å². The van der Waals surface area contributed by atoms with Gasteiger partial charge in [0.25, 0.3) is 0 Å². The van der Waals surface area contributed by atoms with Crippen molar-refractivity contribution < 1.29 is 10.2 Å². The number of hydrogen-bond donors (Lipinski definition) is 2. The molecule has 2 aromatic rings. The Kier molecular flexibility index (Phi) is 4.61. The van der Waals surface area contributed by atoms with E-state index in [4.69, 9.17) is 0 Å². The summed E-state index contributed by atoms with van der Waals surface area (Å²) in [5.74, 6) is 0. The van der Waals surface area contributed by atoms with Crippen molar-refractivity contribution in [2.75, 3.05) is 0 Å². The van der Waals surface area contributed by atoms with Crippen molar-refractivity contribution in [1.29, 1.82) is 0 Å². The molecular weight excluding hydrogens is 252 g/mol. The van der Waals surface area contributed by atoms with Crippen LogP contribution < -0.4 is 0 Å². The predicted octanol–water partition coefficient (Wildman–Crippen LogP) is 4.21. The van der Waals surface area contributed by atoms with Gasteiger partial charge in [0.2, 0.25) is 0 Å². The van der Waals surface area contributed by atoms with Crippen molar-refractivity contribution in [2.24, 2.45) is 10.2 Å². The maximum Gasteiger partial charge on any atom is 0.0914 e. The van der Waals surface area contributed by atoms with Crippen molar-refractivity contribution in [3.05, 3.63) is 59.7 Å². The number of benzene rings is 2. The van der Waals surface area contributed by atoms with Crippen LogP contribution in [-0.2, 0) is 0 Å². The minimum absolute atomic E-state index is 0.600. The van der Waals surface area contributed by atoms with Gasteiger partial charge in [0.05, 0.1) is 23.6 Å². The van der Waals surface area contributed by atoms with Gasteiger partial charge in [-0.2, -0.15) is 10.2 Å². The lowest BCUT2D eigenvalue weighted by atomic mass is 10.1. The van der Waals surface area contributed by atoms with Crippen LogP contribution in [0.25, 0.3) is 0 Å². The van der Waals surface area contributed by atoms with Crippen molar-refractivity contribution in [2.45, 2.75) is 26.1 Å². The second-order valence-corrected chi connectivity index (χ2v) is 4.67. The third kappa shape index (κ3) is 3.29. The summed E-state index contributed by atoms with van der Waals surface area (Å²) in [5.41, 5.74) is 2.71. The molecule has 0 aliphatic rings. The van der Waals surface area contributed by atoms with E-state index in [-0.39, 0.29) is 0 Å². The Labute approximate surface area is 118 Å². The van der Waals surface area contributed by atoms with Crippen LogP contribution in [0, 0.1) is 0 Å². The number of nitrogens with zero attached hydrogens (tertiary/aromatic N) is 2. The zero-order valence-corrected chi connectivity index (χ0v) is 11.6. The van der Waals surface area contributed by atoms with E-state index in [0.29, 0.717) is 11.4 Å². The molecule has 0 saturated heterocycles. The summed E-state index contributed by atoms with van der Waals surface area (Å²) in [6.45, 7) is 3.39. The fraction of sp³-hybridized carbons (Fsp3) is 0.250. The van der Waals surface area contributed by atoms with Gasteiger partial charge < -0.3 is 10.2 Å². The fourth-order valence-electron chi connectivity index (χ4n) is 1.97. The smallest absolute Gasteiger partial charge is 0.0914 e. The molecule has 0 fully saturated rings. The molecule has 0 aromatic heterocycles. The zero-order chi connectivity index (χ0) is 14.5. The first-order chi connectivity index (χ1) is 9.59. The van der Waals surface area contributed by atoms with Gasteiger partial charge in [-0.15, -0.1) is 0 Å². The topological polar surface area (TPSA) is 65.2 Å². The highest BCUT2D eigenvalue weighted by Crippen LogP contribution is 2.30. The van der Waals surface area contributed by atoms with E-state index in [1.807, 2.05) is 36.4 Å². The first kappa shape index (κ1) is 14.4. The lowest BCUT2D eigenvalue weighted by Gasteiger charge is -2.08. The molecule has 2 atom stereocenters. The van der Waals surface area contributed by atoms with Crippen LogP contribution in [-0.4, -0.2) is 10.2 Å². The van der Waals surface area contributed by atoms with Crippen LogP contribution in [0.4, 0.5) is 11.4 Å². The van der Waals surface area contributed by atoms with Crippen LogP contribution in [0.2, 0.25) is 0 Å². The summed E-state index contributed by atoms with van der Waals surface area (Å²) >= 11 is 0. The van der Waals surface area contributed by atoms with Gasteiger partial charge >= 0.3 is 0 Å². The van der Waals surface area contributed by atoms with Gasteiger partial charge in [-0.25, -0.2) is 0 Å². The minimum atomic E-state index is -0.600. The molecule has 0 aliphatic carbocycles. The molecular formula is C16H18N2O2. The lowest BCUT2D eigenvalue weighted by molar-refractivity contribution is 0.199. The lowest BCUT2D eigenvalue weighted by Crippen LogP contribution is -1.91. The summed E-state index contributed by atoms with van der Waals surface area (Å²) in [5, 5.41) is 27.8. The molecule has 2 unspecified atom stereocenters. The molecule has 0 amide bonds. The summed E-state index contributed by atoms with van der Waals surface area (Å²) in [4.78, 5) is 0. The maximum absolute atomic E-state index is 9.70. The largest absolute Gasteiger partial charge is 0.389 e. The van der Waals surface area contributed by atoms with Gasteiger partial charge in [0, 0.05) is 11.1 Å². The van der Waals surface area contributed by atoms with Gasteiger partial charge in [-0.1, -0.05) is 36.4 Å². The molecule has 2 aromatic carbocycles. The predicted molar refractivity (Wildman–Crippen MR) is 78.3 cm³/mol. The molecule has 4 nitrogen and oxygen atoms in total. The van der Waals surface area contributed by atoms with E-state index in [1.165, 1.54) is 0 Å². The summed E-state index contributed by atoms with van der Waals surface area (Å²) in [6, 6.07) is 14.6. The van der Waals surface area contributed by atoms with Crippen molar-refractivity contribution in [1.82, 2.24) is 0 Å².